The van der Waals surface area contributed by atoms with Gasteiger partial charge < -0.3 is 15.0 Å². The minimum Gasteiger partial charge on any atom is -0.497 e. The zero-order valence-electron chi connectivity index (χ0n) is 22.4. The first kappa shape index (κ1) is 31.7. The van der Waals surface area contributed by atoms with Crippen molar-refractivity contribution in [1.29, 1.82) is 0 Å². The first-order valence-corrected chi connectivity index (χ1v) is 15.3. The molecule has 210 valence electrons. The third-order valence-electron chi connectivity index (χ3n) is 6.10. The van der Waals surface area contributed by atoms with Crippen LogP contribution in [0.5, 0.6) is 5.75 Å². The second kappa shape index (κ2) is 15.2. The van der Waals surface area contributed by atoms with Gasteiger partial charge >= 0.3 is 0 Å². The van der Waals surface area contributed by atoms with Crippen molar-refractivity contribution in [2.45, 2.75) is 58.5 Å². The number of unbranched alkanes of at least 4 members (excludes halogenated alkanes) is 1. The molecule has 38 heavy (non-hydrogen) atoms. The highest BCUT2D eigenvalue weighted by Gasteiger charge is 2.29. The van der Waals surface area contributed by atoms with Crippen LogP contribution in [0, 0.1) is 0 Å². The number of nitrogens with one attached hydrogen (secondary N) is 1. The molecule has 2 aromatic rings. The van der Waals surface area contributed by atoms with E-state index in [2.05, 4.69) is 5.32 Å². The van der Waals surface area contributed by atoms with Gasteiger partial charge in [0.15, 0.2) is 0 Å². The van der Waals surface area contributed by atoms with Crippen molar-refractivity contribution >= 4 is 50.7 Å². The summed E-state index contributed by atoms with van der Waals surface area (Å²) >= 11 is 12.8. The largest absolute Gasteiger partial charge is 0.497 e. The fraction of sp³-hybridized carbons (Fsp3) is 0.481. The molecule has 0 aliphatic carbocycles. The van der Waals surface area contributed by atoms with Gasteiger partial charge in [-0.25, -0.2) is 8.42 Å². The van der Waals surface area contributed by atoms with Gasteiger partial charge in [0.2, 0.25) is 21.8 Å². The smallest absolute Gasteiger partial charge is 0.242 e. The summed E-state index contributed by atoms with van der Waals surface area (Å²) in [6.07, 6.45) is 3.54. The quantitative estimate of drug-likeness (QED) is 0.287. The van der Waals surface area contributed by atoms with E-state index in [0.717, 1.165) is 19.1 Å². The van der Waals surface area contributed by atoms with Crippen molar-refractivity contribution in [2.24, 2.45) is 0 Å². The lowest BCUT2D eigenvalue weighted by Gasteiger charge is -2.31. The summed E-state index contributed by atoms with van der Waals surface area (Å²) < 4.78 is 31.5. The number of methoxy groups -OCH3 is 1. The topological polar surface area (TPSA) is 96.0 Å². The third kappa shape index (κ3) is 9.06. The average molecular weight is 587 g/mol. The second-order valence-corrected chi connectivity index (χ2v) is 11.7. The Morgan fingerprint density at radius 1 is 1.05 bits per heavy atom. The van der Waals surface area contributed by atoms with Crippen LogP contribution in [0.2, 0.25) is 10.0 Å². The number of amides is 2. The Labute approximate surface area is 236 Å². The zero-order chi connectivity index (χ0) is 28.3. The van der Waals surface area contributed by atoms with Gasteiger partial charge in [0.1, 0.15) is 11.8 Å². The lowest BCUT2D eigenvalue weighted by Crippen LogP contribution is -2.49. The molecule has 11 heteroatoms. The van der Waals surface area contributed by atoms with Crippen LogP contribution in [0.3, 0.4) is 0 Å². The molecule has 0 radical (unpaired) electrons. The van der Waals surface area contributed by atoms with Gasteiger partial charge in [-0.15, -0.1) is 0 Å². The number of carbonyl (C=O) groups is 2. The Bertz CT molecular complexity index is 1170. The first-order chi connectivity index (χ1) is 18.0. The summed E-state index contributed by atoms with van der Waals surface area (Å²) in [7, 11) is -2.11. The molecule has 0 saturated carbocycles. The maximum Gasteiger partial charge on any atom is 0.242 e. The number of halogens is 2. The zero-order valence-corrected chi connectivity index (χ0v) is 24.7. The highest BCUT2D eigenvalue weighted by molar-refractivity contribution is 7.92. The number of hydrogen-bond donors (Lipinski definition) is 1. The SMILES string of the molecule is CCCCNC(=O)[C@H](CC)N(Cc1c(Cl)cccc1Cl)C(=O)CCCN(c1cccc(OC)c1)S(C)(=O)=O. The van der Waals surface area contributed by atoms with Crippen LogP contribution >= 0.6 is 23.2 Å². The molecule has 0 bridgehead atoms. The van der Waals surface area contributed by atoms with Gasteiger partial charge in [-0.2, -0.15) is 0 Å². The number of anilines is 1. The van der Waals surface area contributed by atoms with Gasteiger partial charge in [-0.3, -0.25) is 13.9 Å². The summed E-state index contributed by atoms with van der Waals surface area (Å²) in [5.74, 6) is -0.0147. The molecule has 0 aromatic heterocycles. The van der Waals surface area contributed by atoms with E-state index in [1.165, 1.54) is 16.3 Å². The van der Waals surface area contributed by atoms with Crippen LogP contribution in [-0.2, 0) is 26.2 Å². The Morgan fingerprint density at radius 2 is 1.71 bits per heavy atom. The summed E-state index contributed by atoms with van der Waals surface area (Å²) in [6, 6.07) is 11.1. The van der Waals surface area contributed by atoms with Crippen LogP contribution in [0.4, 0.5) is 5.69 Å². The summed E-state index contributed by atoms with van der Waals surface area (Å²) in [5, 5.41) is 3.71. The molecular formula is C27H37Cl2N3O5S. The number of rotatable bonds is 15. The fourth-order valence-corrected chi connectivity index (χ4v) is 5.52. The minimum atomic E-state index is -3.61. The number of hydrogen-bond acceptors (Lipinski definition) is 5. The lowest BCUT2D eigenvalue weighted by molar-refractivity contribution is -0.141. The Kier molecular flexibility index (Phi) is 12.7. The molecular weight excluding hydrogens is 549 g/mol. The van der Waals surface area contributed by atoms with E-state index in [1.54, 1.807) is 42.5 Å². The Hall–Kier alpha value is -2.49. The van der Waals surface area contributed by atoms with Gasteiger partial charge in [0.05, 0.1) is 19.1 Å². The molecule has 0 unspecified atom stereocenters. The van der Waals surface area contributed by atoms with E-state index in [-0.39, 0.29) is 37.7 Å². The molecule has 1 N–H and O–H groups in total. The van der Waals surface area contributed by atoms with Crippen LogP contribution in [0.1, 0.15) is 51.5 Å². The highest BCUT2D eigenvalue weighted by Crippen LogP contribution is 2.28. The molecule has 2 amide bonds. The molecule has 2 aromatic carbocycles. The van der Waals surface area contributed by atoms with Gasteiger partial charge in [-0.05, 0) is 43.5 Å². The first-order valence-electron chi connectivity index (χ1n) is 12.6. The molecule has 8 nitrogen and oxygen atoms in total. The van der Waals surface area contributed by atoms with E-state index in [0.29, 0.717) is 40.0 Å². The summed E-state index contributed by atoms with van der Waals surface area (Å²) in [4.78, 5) is 28.1. The number of carbonyl (C=O) groups excluding carboxylic acids is 2. The summed E-state index contributed by atoms with van der Waals surface area (Å²) in [6.45, 7) is 4.53. The van der Waals surface area contributed by atoms with Gasteiger partial charge in [-0.1, -0.05) is 55.6 Å². The van der Waals surface area contributed by atoms with E-state index in [9.17, 15) is 18.0 Å². The minimum absolute atomic E-state index is 0.0246. The molecule has 0 saturated heterocycles. The van der Waals surface area contributed by atoms with E-state index < -0.39 is 16.1 Å². The van der Waals surface area contributed by atoms with Crippen molar-refractivity contribution < 1.29 is 22.7 Å². The molecule has 0 aliphatic rings. The van der Waals surface area contributed by atoms with Crippen LogP contribution in [-0.4, -0.2) is 57.6 Å². The summed E-state index contributed by atoms with van der Waals surface area (Å²) in [5.41, 5.74) is 0.999. The van der Waals surface area contributed by atoms with Crippen LogP contribution in [0.25, 0.3) is 0 Å². The van der Waals surface area contributed by atoms with Crippen molar-refractivity contribution in [3.63, 3.8) is 0 Å². The van der Waals surface area contributed by atoms with Crippen molar-refractivity contribution in [2.75, 3.05) is 30.8 Å². The molecule has 1 atom stereocenters. The Balaban J connectivity index is 2.26. The van der Waals surface area contributed by atoms with E-state index >= 15 is 0 Å². The van der Waals surface area contributed by atoms with Gasteiger partial charge in [0.25, 0.3) is 0 Å². The highest BCUT2D eigenvalue weighted by atomic mass is 35.5. The second-order valence-electron chi connectivity index (χ2n) is 8.93. The van der Waals surface area contributed by atoms with Crippen molar-refractivity contribution in [3.05, 3.63) is 58.1 Å². The van der Waals surface area contributed by atoms with E-state index in [1.807, 2.05) is 13.8 Å². The van der Waals surface area contributed by atoms with Crippen LogP contribution in [0.15, 0.2) is 42.5 Å². The predicted molar refractivity (Wildman–Crippen MR) is 153 cm³/mol. The molecule has 0 spiro atoms. The predicted octanol–water partition coefficient (Wildman–Crippen LogP) is 5.27. The number of nitrogens with zero attached hydrogens (tertiary/aromatic N) is 2. The maximum atomic E-state index is 13.5. The number of sulfonamides is 1. The monoisotopic (exact) mass is 585 g/mol. The maximum absolute atomic E-state index is 13.5. The molecule has 0 heterocycles. The van der Waals surface area contributed by atoms with E-state index in [4.69, 9.17) is 27.9 Å². The number of ether oxygens (including phenoxy) is 1. The van der Waals surface area contributed by atoms with Gasteiger partial charge in [0, 0.05) is 47.7 Å². The fourth-order valence-electron chi connectivity index (χ4n) is 4.05. The molecule has 2 rings (SSSR count). The molecule has 0 aliphatic heterocycles. The molecule has 0 fully saturated rings. The lowest BCUT2D eigenvalue weighted by atomic mass is 10.1. The third-order valence-corrected chi connectivity index (χ3v) is 8.00. The normalized spacial score (nSPS) is 12.1. The standard InChI is InChI=1S/C27H37Cl2N3O5S/c1-5-7-16-30-27(34)25(6-2)31(19-22-23(28)13-9-14-24(22)29)26(33)15-10-17-32(38(4,35)36)20-11-8-12-21(18-20)37-3/h8-9,11-14,18,25H,5-7,10,15-17,19H2,1-4H3,(H,30,34)/t25-/m0/s1. The van der Waals surface area contributed by atoms with Crippen LogP contribution < -0.4 is 14.4 Å². The Morgan fingerprint density at radius 3 is 2.29 bits per heavy atom. The van der Waals surface area contributed by atoms with Crippen molar-refractivity contribution in [1.82, 2.24) is 10.2 Å². The van der Waals surface area contributed by atoms with Crippen molar-refractivity contribution in [3.8, 4) is 5.75 Å². The number of benzene rings is 2. The average Bonchev–Trinajstić information content (AvgIpc) is 2.87.